The fourth-order valence-corrected chi connectivity index (χ4v) is 6.03. The molecule has 3 heterocycles. The van der Waals surface area contributed by atoms with E-state index in [1.807, 2.05) is 22.7 Å². The maximum absolute atomic E-state index is 2.28. The van der Waals surface area contributed by atoms with Crippen LogP contribution in [0.3, 0.4) is 0 Å². The highest BCUT2D eigenvalue weighted by molar-refractivity contribution is 7.30. The van der Waals surface area contributed by atoms with Crippen LogP contribution in [0, 0.1) is 6.92 Å². The van der Waals surface area contributed by atoms with Gasteiger partial charge in [0.2, 0.25) is 5.69 Å². The van der Waals surface area contributed by atoms with E-state index in [2.05, 4.69) is 78.6 Å². The predicted molar refractivity (Wildman–Crippen MR) is 106 cm³/mol. The monoisotopic (exact) mass is 346 g/mol. The Morgan fingerprint density at radius 2 is 1.71 bits per heavy atom. The topological polar surface area (TPSA) is 3.88 Å². The van der Waals surface area contributed by atoms with Gasteiger partial charge in [0.15, 0.2) is 6.20 Å². The van der Waals surface area contributed by atoms with Crippen molar-refractivity contribution in [2.24, 2.45) is 7.05 Å². The Balaban J connectivity index is 2.07. The molecule has 2 aromatic carbocycles. The first-order valence-electron chi connectivity index (χ1n) is 8.02. The minimum Gasteiger partial charge on any atom is -0.201 e. The fourth-order valence-electron chi connectivity index (χ4n) is 3.70. The summed E-state index contributed by atoms with van der Waals surface area (Å²) in [7, 11) is 2.13. The van der Waals surface area contributed by atoms with Crippen LogP contribution in [0.1, 0.15) is 5.56 Å². The summed E-state index contributed by atoms with van der Waals surface area (Å²) in [6.07, 6.45) is 2.13. The summed E-state index contributed by atoms with van der Waals surface area (Å²) >= 11 is 3.78. The zero-order valence-electron chi connectivity index (χ0n) is 13.5. The van der Waals surface area contributed by atoms with Gasteiger partial charge in [-0.05, 0) is 36.1 Å². The number of fused-ring (bicyclic) bond motifs is 5. The lowest BCUT2D eigenvalue weighted by Gasteiger charge is -2.09. The molecule has 3 heteroatoms. The average molecular weight is 347 g/mol. The van der Waals surface area contributed by atoms with Crippen molar-refractivity contribution in [3.8, 4) is 11.3 Å². The lowest BCUT2D eigenvalue weighted by Crippen LogP contribution is -2.30. The molecule has 5 aromatic rings. The first-order chi connectivity index (χ1) is 11.8. The largest absolute Gasteiger partial charge is 0.213 e. The summed E-state index contributed by atoms with van der Waals surface area (Å²) in [6, 6.07) is 17.5. The Hall–Kier alpha value is -2.23. The zero-order chi connectivity index (χ0) is 16.3. The highest BCUT2D eigenvalue weighted by atomic mass is 32.1. The van der Waals surface area contributed by atoms with Crippen molar-refractivity contribution in [2.45, 2.75) is 6.92 Å². The molecule has 0 N–H and O–H groups in total. The van der Waals surface area contributed by atoms with Gasteiger partial charge in [0.1, 0.15) is 7.05 Å². The van der Waals surface area contributed by atoms with Crippen LogP contribution in [0.15, 0.2) is 60.1 Å². The second-order valence-corrected chi connectivity index (χ2v) is 8.13. The van der Waals surface area contributed by atoms with Gasteiger partial charge in [0.25, 0.3) is 0 Å². The van der Waals surface area contributed by atoms with Crippen LogP contribution >= 0.6 is 22.7 Å². The predicted octanol–water partition coefficient (Wildman–Crippen LogP) is 6.07. The van der Waals surface area contributed by atoms with E-state index in [1.54, 1.807) is 0 Å². The van der Waals surface area contributed by atoms with E-state index in [0.29, 0.717) is 0 Å². The summed E-state index contributed by atoms with van der Waals surface area (Å²) < 4.78 is 6.44. The number of nitrogens with zero attached hydrogens (tertiary/aromatic N) is 1. The molecule has 0 radical (unpaired) electrons. The number of hydrogen-bond acceptors (Lipinski definition) is 2. The third-order valence-electron chi connectivity index (χ3n) is 4.80. The molecule has 0 aliphatic carbocycles. The Kier molecular flexibility index (Phi) is 3.02. The van der Waals surface area contributed by atoms with Crippen molar-refractivity contribution in [1.82, 2.24) is 0 Å². The molecule has 24 heavy (non-hydrogen) atoms. The van der Waals surface area contributed by atoms with Crippen LogP contribution in [0.25, 0.3) is 41.5 Å². The van der Waals surface area contributed by atoms with E-state index >= 15 is 0 Å². The molecule has 0 aliphatic rings. The molecule has 0 spiro atoms. The molecule has 5 rings (SSSR count). The molecule has 0 saturated carbocycles. The van der Waals surface area contributed by atoms with E-state index in [9.17, 15) is 0 Å². The van der Waals surface area contributed by atoms with Gasteiger partial charge in [-0.25, -0.2) is 4.57 Å². The molecule has 0 fully saturated rings. The van der Waals surface area contributed by atoms with Gasteiger partial charge in [-0.2, -0.15) is 0 Å². The first-order valence-corrected chi connectivity index (χ1v) is 9.71. The zero-order valence-corrected chi connectivity index (χ0v) is 15.2. The van der Waals surface area contributed by atoms with E-state index in [1.165, 1.54) is 47.1 Å². The van der Waals surface area contributed by atoms with Gasteiger partial charge >= 0.3 is 0 Å². The second kappa shape index (κ2) is 5.13. The first kappa shape index (κ1) is 14.1. The summed E-state index contributed by atoms with van der Waals surface area (Å²) in [5.74, 6) is 0. The fraction of sp³-hybridized carbons (Fsp3) is 0.0952. The van der Waals surface area contributed by atoms with E-state index in [-0.39, 0.29) is 0 Å². The van der Waals surface area contributed by atoms with Gasteiger partial charge in [-0.15, -0.1) is 22.7 Å². The van der Waals surface area contributed by atoms with Gasteiger partial charge in [-0.3, -0.25) is 0 Å². The van der Waals surface area contributed by atoms with Crippen molar-refractivity contribution in [3.63, 3.8) is 0 Å². The highest BCUT2D eigenvalue weighted by Crippen LogP contribution is 2.46. The number of aromatic nitrogens is 1. The Bertz CT molecular complexity index is 1230. The maximum atomic E-state index is 2.28. The average Bonchev–Trinajstić information content (AvgIpc) is 3.20. The van der Waals surface area contributed by atoms with Crippen LogP contribution in [0.4, 0.5) is 0 Å². The summed E-state index contributed by atoms with van der Waals surface area (Å²) in [5.41, 5.74) is 4.02. The number of thiophene rings is 2. The number of rotatable bonds is 1. The van der Waals surface area contributed by atoms with Gasteiger partial charge in [0.05, 0.1) is 15.0 Å². The lowest BCUT2D eigenvalue weighted by atomic mass is 9.96. The van der Waals surface area contributed by atoms with Gasteiger partial charge < -0.3 is 0 Å². The molecule has 0 unspecified atom stereocenters. The number of benzene rings is 2. The third kappa shape index (κ3) is 1.83. The van der Waals surface area contributed by atoms with E-state index < -0.39 is 0 Å². The molecule has 0 aliphatic heterocycles. The summed E-state index contributed by atoms with van der Waals surface area (Å²) in [5, 5.41) is 6.40. The molecule has 116 valence electrons. The highest BCUT2D eigenvalue weighted by Gasteiger charge is 2.21. The summed E-state index contributed by atoms with van der Waals surface area (Å²) in [4.78, 5) is 0. The van der Waals surface area contributed by atoms with Crippen molar-refractivity contribution in [1.29, 1.82) is 0 Å². The minimum atomic E-state index is 1.27. The number of hydrogen-bond donors (Lipinski definition) is 0. The molecular weight excluding hydrogens is 330 g/mol. The normalized spacial score (nSPS) is 11.8. The Morgan fingerprint density at radius 1 is 0.875 bits per heavy atom. The molecule has 0 saturated heterocycles. The smallest absolute Gasteiger partial charge is 0.201 e. The van der Waals surface area contributed by atoms with E-state index in [0.717, 1.165) is 0 Å². The van der Waals surface area contributed by atoms with Crippen molar-refractivity contribution in [2.75, 3.05) is 0 Å². The molecule has 3 aromatic heterocycles. The summed E-state index contributed by atoms with van der Waals surface area (Å²) in [6.45, 7) is 2.28. The van der Waals surface area contributed by atoms with Crippen LogP contribution in [-0.2, 0) is 7.05 Å². The number of pyridine rings is 1. The van der Waals surface area contributed by atoms with Crippen LogP contribution in [0.2, 0.25) is 0 Å². The van der Waals surface area contributed by atoms with Gasteiger partial charge in [0, 0.05) is 33.0 Å². The third-order valence-corrected chi connectivity index (χ3v) is 7.05. The van der Waals surface area contributed by atoms with Gasteiger partial charge in [-0.1, -0.05) is 18.2 Å². The minimum absolute atomic E-state index is 1.27. The molecule has 0 atom stereocenters. The standard InChI is InChI=1S/C21H16NS2/c1-13-18(16-8-5-6-11-22(16)2)15-10-12-23-20(15)21-19(13)14-7-3-4-9-17(14)24-21/h3-12H,1-2H3/q+1. The van der Waals surface area contributed by atoms with Crippen LogP contribution in [-0.4, -0.2) is 0 Å². The Labute approximate surface area is 148 Å². The SMILES string of the molecule is Cc1c(-c2cccc[n+]2C)c2ccsc2c2sc3ccccc3c12. The molecule has 0 amide bonds. The molecular formula is C21H16NS2+. The Morgan fingerprint density at radius 3 is 2.58 bits per heavy atom. The van der Waals surface area contributed by atoms with Crippen molar-refractivity contribution in [3.05, 3.63) is 65.7 Å². The van der Waals surface area contributed by atoms with E-state index in [4.69, 9.17) is 0 Å². The second-order valence-electron chi connectivity index (χ2n) is 6.16. The quantitative estimate of drug-likeness (QED) is 0.324. The molecule has 1 nitrogen and oxygen atoms in total. The van der Waals surface area contributed by atoms with Crippen molar-refractivity contribution < 1.29 is 4.57 Å². The maximum Gasteiger partial charge on any atom is 0.213 e. The van der Waals surface area contributed by atoms with Crippen molar-refractivity contribution >= 4 is 52.9 Å². The van der Waals surface area contributed by atoms with Crippen LogP contribution in [0.5, 0.6) is 0 Å². The van der Waals surface area contributed by atoms with Crippen LogP contribution < -0.4 is 4.57 Å². The number of aryl methyl sites for hydroxylation is 2. The lowest BCUT2D eigenvalue weighted by molar-refractivity contribution is -0.660. The molecule has 0 bridgehead atoms.